The molecule has 2 aromatic rings. The molecule has 2 aliphatic heterocycles. The molecule has 31 heavy (non-hydrogen) atoms. The minimum atomic E-state index is -0.845. The Balaban J connectivity index is 1.83. The summed E-state index contributed by atoms with van der Waals surface area (Å²) in [4.78, 5) is 27.6. The van der Waals surface area contributed by atoms with E-state index >= 15 is 0 Å². The average molecular weight is 439 g/mol. The number of anilines is 1. The molecule has 2 N–H and O–H groups in total. The fourth-order valence-corrected chi connectivity index (χ4v) is 5.23. The monoisotopic (exact) mass is 439 g/mol. The molecule has 3 unspecified atom stereocenters. The summed E-state index contributed by atoms with van der Waals surface area (Å²) in [6, 6.07) is 12.3. The number of halogens is 1. The van der Waals surface area contributed by atoms with Crippen LogP contribution in [0.25, 0.3) is 0 Å². The number of allylic oxidation sites excluding steroid dienone is 1. The van der Waals surface area contributed by atoms with E-state index in [9.17, 15) is 19.2 Å². The van der Waals surface area contributed by atoms with Crippen LogP contribution >= 0.6 is 11.8 Å². The van der Waals surface area contributed by atoms with Gasteiger partial charge < -0.3 is 15.2 Å². The highest BCUT2D eigenvalue weighted by atomic mass is 32.2. The van der Waals surface area contributed by atoms with E-state index in [1.165, 1.54) is 38.5 Å². The Morgan fingerprint density at radius 2 is 1.74 bits per heavy atom. The van der Waals surface area contributed by atoms with Gasteiger partial charge >= 0.3 is 0 Å². The first-order valence-electron chi connectivity index (χ1n) is 9.33. The normalized spacial score (nSPS) is 22.9. The quantitative estimate of drug-likeness (QED) is 0.730. The van der Waals surface area contributed by atoms with E-state index in [1.807, 2.05) is 0 Å². The van der Waals surface area contributed by atoms with Crippen molar-refractivity contribution in [1.29, 1.82) is 5.26 Å². The molecule has 2 aromatic carbocycles. The van der Waals surface area contributed by atoms with Gasteiger partial charge in [0.25, 0.3) is 0 Å². The molecule has 2 amide bonds. The van der Waals surface area contributed by atoms with Crippen LogP contribution in [0.15, 0.2) is 53.1 Å². The molecule has 9 heteroatoms. The Morgan fingerprint density at radius 1 is 1.06 bits per heavy atom. The van der Waals surface area contributed by atoms with Gasteiger partial charge in [-0.05, 0) is 42.0 Å². The molecule has 0 saturated carbocycles. The summed E-state index contributed by atoms with van der Waals surface area (Å²) in [7, 11) is 2.99. The number of nitrogens with zero attached hydrogens (tertiary/aromatic N) is 2. The summed E-state index contributed by atoms with van der Waals surface area (Å²) in [6.45, 7) is 0. The van der Waals surface area contributed by atoms with Crippen LogP contribution in [0.3, 0.4) is 0 Å². The number of ether oxygens (including phenoxy) is 2. The number of thioether (sulfide) groups is 1. The fourth-order valence-electron chi connectivity index (χ4n) is 4.03. The lowest BCUT2D eigenvalue weighted by Crippen LogP contribution is -2.33. The standard InChI is InChI=1S/C22H18FN3O4S/c1-29-15-8-3-11(9-16(15)30-2)17-14(10-24)20(25)31-19-18(17)21(27)26(22(19)28)13-6-4-12(23)5-7-13/h3-9,17-19H,25H2,1-2H3. The van der Waals surface area contributed by atoms with Crippen molar-refractivity contribution in [1.82, 2.24) is 0 Å². The first-order chi connectivity index (χ1) is 14.9. The van der Waals surface area contributed by atoms with Crippen molar-refractivity contribution in [3.8, 4) is 17.6 Å². The average Bonchev–Trinajstić information content (AvgIpc) is 3.02. The largest absolute Gasteiger partial charge is 0.493 e. The SMILES string of the molecule is COc1ccc(C2C(C#N)=C(N)SC3C(=O)N(c4ccc(F)cc4)C(=O)C32)cc1OC. The number of nitrogens with two attached hydrogens (primary N) is 1. The molecule has 158 valence electrons. The first-order valence-corrected chi connectivity index (χ1v) is 10.2. The lowest BCUT2D eigenvalue weighted by atomic mass is 9.79. The molecule has 0 radical (unpaired) electrons. The Morgan fingerprint density at radius 3 is 2.35 bits per heavy atom. The lowest BCUT2D eigenvalue weighted by molar-refractivity contribution is -0.122. The van der Waals surface area contributed by atoms with Crippen molar-refractivity contribution in [3.63, 3.8) is 0 Å². The van der Waals surface area contributed by atoms with E-state index in [-0.39, 0.29) is 16.3 Å². The highest BCUT2D eigenvalue weighted by molar-refractivity contribution is 8.04. The Bertz CT molecular complexity index is 1140. The predicted octanol–water partition coefficient (Wildman–Crippen LogP) is 2.93. The third-order valence-corrected chi connectivity index (χ3v) is 6.68. The first kappa shape index (κ1) is 20.8. The number of amides is 2. The molecule has 1 saturated heterocycles. The second-order valence-corrected chi connectivity index (χ2v) is 8.22. The molecule has 2 aliphatic rings. The number of hydrogen-bond donors (Lipinski definition) is 1. The summed E-state index contributed by atoms with van der Waals surface area (Å²) < 4.78 is 24.0. The van der Waals surface area contributed by atoms with E-state index < -0.39 is 34.7 Å². The van der Waals surface area contributed by atoms with E-state index in [0.29, 0.717) is 17.1 Å². The van der Waals surface area contributed by atoms with Gasteiger partial charge in [-0.25, -0.2) is 9.29 Å². The molecule has 0 aromatic heterocycles. The third kappa shape index (κ3) is 3.29. The third-order valence-electron chi connectivity index (χ3n) is 5.46. The summed E-state index contributed by atoms with van der Waals surface area (Å²) in [6.07, 6.45) is 0. The van der Waals surface area contributed by atoms with Crippen LogP contribution in [-0.4, -0.2) is 31.3 Å². The van der Waals surface area contributed by atoms with Gasteiger partial charge in [0.2, 0.25) is 11.8 Å². The Kier molecular flexibility index (Phi) is 5.33. The molecule has 7 nitrogen and oxygen atoms in total. The van der Waals surface area contributed by atoms with Crippen LogP contribution < -0.4 is 20.1 Å². The zero-order valence-corrected chi connectivity index (χ0v) is 17.5. The van der Waals surface area contributed by atoms with Gasteiger partial charge in [-0.15, -0.1) is 0 Å². The topological polar surface area (TPSA) is 106 Å². The van der Waals surface area contributed by atoms with Crippen molar-refractivity contribution in [3.05, 3.63) is 64.4 Å². The fraction of sp³-hybridized carbons (Fsp3) is 0.227. The molecule has 2 heterocycles. The zero-order chi connectivity index (χ0) is 22.3. The van der Waals surface area contributed by atoms with Crippen molar-refractivity contribution < 1.29 is 23.5 Å². The maximum absolute atomic E-state index is 13.4. The van der Waals surface area contributed by atoms with Gasteiger partial charge in [-0.3, -0.25) is 9.59 Å². The maximum Gasteiger partial charge on any atom is 0.248 e. The second-order valence-electron chi connectivity index (χ2n) is 7.03. The van der Waals surface area contributed by atoms with Crippen LogP contribution in [0.2, 0.25) is 0 Å². The Hall–Kier alpha value is -3.51. The number of carbonyl (C=O) groups excluding carboxylic acids is 2. The van der Waals surface area contributed by atoms with Crippen molar-refractivity contribution in [2.75, 3.05) is 19.1 Å². The number of fused-ring (bicyclic) bond motifs is 1. The number of imide groups is 1. The summed E-state index contributed by atoms with van der Waals surface area (Å²) in [5, 5.41) is 9.20. The van der Waals surface area contributed by atoms with Crippen LogP contribution in [0.1, 0.15) is 11.5 Å². The van der Waals surface area contributed by atoms with Crippen LogP contribution in [0, 0.1) is 23.1 Å². The van der Waals surface area contributed by atoms with Crippen molar-refractivity contribution in [2.24, 2.45) is 11.7 Å². The maximum atomic E-state index is 13.4. The lowest BCUT2D eigenvalue weighted by Gasteiger charge is -2.31. The number of carbonyl (C=O) groups is 2. The molecule has 0 aliphatic carbocycles. The van der Waals surface area contributed by atoms with Crippen molar-refractivity contribution in [2.45, 2.75) is 11.2 Å². The van der Waals surface area contributed by atoms with Gasteiger partial charge in [-0.2, -0.15) is 5.26 Å². The van der Waals surface area contributed by atoms with Gasteiger partial charge in [0.1, 0.15) is 11.1 Å². The number of benzene rings is 2. The molecule has 1 fully saturated rings. The van der Waals surface area contributed by atoms with E-state index in [4.69, 9.17) is 15.2 Å². The molecule has 0 bridgehead atoms. The van der Waals surface area contributed by atoms with Gasteiger partial charge in [-0.1, -0.05) is 17.8 Å². The summed E-state index contributed by atoms with van der Waals surface area (Å²) in [5.41, 5.74) is 7.25. The van der Waals surface area contributed by atoms with Crippen LogP contribution in [-0.2, 0) is 9.59 Å². The van der Waals surface area contributed by atoms with Gasteiger partial charge in [0, 0.05) is 5.92 Å². The molecule has 0 spiro atoms. The Labute approximate surface area is 182 Å². The van der Waals surface area contributed by atoms with E-state index in [2.05, 4.69) is 6.07 Å². The number of rotatable bonds is 4. The van der Waals surface area contributed by atoms with Gasteiger partial charge in [0.05, 0.1) is 42.5 Å². The predicted molar refractivity (Wildman–Crippen MR) is 113 cm³/mol. The van der Waals surface area contributed by atoms with Gasteiger partial charge in [0.15, 0.2) is 11.5 Å². The van der Waals surface area contributed by atoms with E-state index in [0.717, 1.165) is 16.7 Å². The highest BCUT2D eigenvalue weighted by Gasteiger charge is 2.56. The number of hydrogen-bond acceptors (Lipinski definition) is 7. The van der Waals surface area contributed by atoms with Crippen molar-refractivity contribution >= 4 is 29.3 Å². The second kappa shape index (κ2) is 7.96. The van der Waals surface area contributed by atoms with Crippen LogP contribution in [0.5, 0.6) is 11.5 Å². The van der Waals surface area contributed by atoms with Crippen LogP contribution in [0.4, 0.5) is 10.1 Å². The minimum absolute atomic E-state index is 0.200. The highest BCUT2D eigenvalue weighted by Crippen LogP contribution is 2.51. The molecular weight excluding hydrogens is 421 g/mol. The summed E-state index contributed by atoms with van der Waals surface area (Å²) in [5.74, 6) is -2.05. The smallest absolute Gasteiger partial charge is 0.248 e. The molecule has 4 rings (SSSR count). The number of methoxy groups -OCH3 is 2. The van der Waals surface area contributed by atoms with E-state index in [1.54, 1.807) is 18.2 Å². The molecular formula is C22H18FN3O4S. The zero-order valence-electron chi connectivity index (χ0n) is 16.7. The minimum Gasteiger partial charge on any atom is -0.493 e. The molecule has 3 atom stereocenters. The number of nitriles is 1. The summed E-state index contributed by atoms with van der Waals surface area (Å²) >= 11 is 1.01.